The lowest BCUT2D eigenvalue weighted by Gasteiger charge is -2.24. The van der Waals surface area contributed by atoms with Crippen LogP contribution in [0.4, 0.5) is 17.6 Å². The van der Waals surface area contributed by atoms with Gasteiger partial charge in [0.15, 0.2) is 0 Å². The molecule has 0 saturated carbocycles. The number of benzene rings is 1. The predicted molar refractivity (Wildman–Crippen MR) is 71.4 cm³/mol. The zero-order valence-electron chi connectivity index (χ0n) is 9.33. The van der Waals surface area contributed by atoms with Gasteiger partial charge in [0.1, 0.15) is 4.90 Å². The maximum atomic E-state index is 13.7. The van der Waals surface area contributed by atoms with Crippen LogP contribution in [0.2, 0.25) is 10.0 Å². The molecule has 0 amide bonds. The molecule has 0 aromatic heterocycles. The summed E-state index contributed by atoms with van der Waals surface area (Å²) < 4.78 is 98.7. The smallest absolute Gasteiger partial charge is 0.217 e. The lowest BCUT2D eigenvalue weighted by atomic mass is 10.4. The van der Waals surface area contributed by atoms with Crippen molar-refractivity contribution >= 4 is 56.1 Å². The molecule has 1 aromatic rings. The second kappa shape index (κ2) is 5.52. The third-order valence-corrected chi connectivity index (χ3v) is 7.15. The summed E-state index contributed by atoms with van der Waals surface area (Å²) in [5.41, 5.74) is 0. The first-order chi connectivity index (χ1) is 9.18. The molecule has 1 aromatic carbocycles. The quantitative estimate of drug-likeness (QED) is 0.515. The Morgan fingerprint density at radius 2 is 1.29 bits per heavy atom. The molecule has 21 heavy (non-hydrogen) atoms. The zero-order valence-corrected chi connectivity index (χ0v) is 14.1. The van der Waals surface area contributed by atoms with E-state index in [4.69, 9.17) is 23.2 Å². The standard InChI is InChI=1S/C8H3BrCl2F4O4S2/c9-21(18,19)8(14,15)7(12,13)20(16,17)6-4(10)2-1-3-5(6)11/h1-3H. The molecule has 0 fully saturated rings. The van der Waals surface area contributed by atoms with Crippen molar-refractivity contribution in [3.8, 4) is 0 Å². The van der Waals surface area contributed by atoms with Crippen LogP contribution in [0.3, 0.4) is 0 Å². The van der Waals surface area contributed by atoms with E-state index >= 15 is 0 Å². The average molecular weight is 454 g/mol. The molecule has 1 rings (SSSR count). The molecule has 0 N–H and O–H groups in total. The maximum Gasteiger partial charge on any atom is 0.432 e. The zero-order chi connectivity index (χ0) is 16.9. The van der Waals surface area contributed by atoms with Gasteiger partial charge in [-0.2, -0.15) is 17.6 Å². The molecule has 0 unspecified atom stereocenters. The lowest BCUT2D eigenvalue weighted by Crippen LogP contribution is -2.50. The van der Waals surface area contributed by atoms with E-state index in [1.807, 2.05) is 0 Å². The number of alkyl halides is 4. The predicted octanol–water partition coefficient (Wildman–Crippen LogP) is 3.68. The minimum atomic E-state index is -6.20. The second-order valence-electron chi connectivity index (χ2n) is 3.53. The number of sulfone groups is 1. The van der Waals surface area contributed by atoms with Gasteiger partial charge in [-0.25, -0.2) is 16.8 Å². The average Bonchev–Trinajstić information content (AvgIpc) is 2.26. The van der Waals surface area contributed by atoms with Crippen molar-refractivity contribution in [2.75, 3.05) is 0 Å². The Morgan fingerprint density at radius 1 is 0.905 bits per heavy atom. The third-order valence-electron chi connectivity index (χ3n) is 2.17. The maximum absolute atomic E-state index is 13.7. The first kappa shape index (κ1) is 18.9. The Balaban J connectivity index is 3.72. The van der Waals surface area contributed by atoms with Crippen molar-refractivity contribution in [3.05, 3.63) is 28.2 Å². The van der Waals surface area contributed by atoms with E-state index in [2.05, 4.69) is 0 Å². The molecular weight excluding hydrogens is 451 g/mol. The van der Waals surface area contributed by atoms with E-state index in [9.17, 15) is 34.4 Å². The molecule has 0 aliphatic rings. The van der Waals surface area contributed by atoms with Crippen molar-refractivity contribution in [2.24, 2.45) is 0 Å². The van der Waals surface area contributed by atoms with Gasteiger partial charge in [0.2, 0.25) is 0 Å². The number of rotatable bonds is 4. The summed E-state index contributed by atoms with van der Waals surface area (Å²) in [6.45, 7) is 0. The van der Waals surface area contributed by atoms with Crippen LogP contribution in [-0.2, 0) is 18.1 Å². The summed E-state index contributed by atoms with van der Waals surface area (Å²) in [5, 5.41) is -13.7. The van der Waals surface area contributed by atoms with Gasteiger partial charge in [-0.1, -0.05) is 29.3 Å². The molecule has 4 nitrogen and oxygen atoms in total. The number of hydrogen-bond acceptors (Lipinski definition) is 4. The summed E-state index contributed by atoms with van der Waals surface area (Å²) in [4.78, 5) is -1.49. The molecule has 0 heterocycles. The van der Waals surface area contributed by atoms with Crippen LogP contribution in [0.15, 0.2) is 23.1 Å². The van der Waals surface area contributed by atoms with Crippen LogP contribution < -0.4 is 0 Å². The highest BCUT2D eigenvalue weighted by atomic mass is 79.9. The summed E-state index contributed by atoms with van der Waals surface area (Å²) in [7, 11) is -12.1. The Labute approximate surface area is 134 Å². The molecular formula is C8H3BrCl2F4O4S2. The second-order valence-corrected chi connectivity index (χ2v) is 10.2. The minimum absolute atomic E-state index is 0.817. The van der Waals surface area contributed by atoms with E-state index < -0.39 is 43.6 Å². The van der Waals surface area contributed by atoms with Gasteiger partial charge < -0.3 is 0 Å². The first-order valence-corrected chi connectivity index (χ1v) is 10.1. The summed E-state index contributed by atoms with van der Waals surface area (Å²) in [6.07, 6.45) is 0. The highest BCUT2D eigenvalue weighted by Crippen LogP contribution is 2.49. The normalized spacial score (nSPS) is 14.2. The van der Waals surface area contributed by atoms with Crippen molar-refractivity contribution in [1.29, 1.82) is 0 Å². The van der Waals surface area contributed by atoms with E-state index in [0.717, 1.165) is 18.2 Å². The van der Waals surface area contributed by atoms with E-state index in [0.29, 0.717) is 0 Å². The SMILES string of the molecule is O=S(=O)(Br)C(F)(F)C(F)(F)S(=O)(=O)c1c(Cl)cccc1Cl. The van der Waals surface area contributed by atoms with Crippen molar-refractivity contribution < 1.29 is 34.4 Å². The van der Waals surface area contributed by atoms with Gasteiger partial charge in [0.25, 0.3) is 18.1 Å². The number of halogens is 7. The van der Waals surface area contributed by atoms with E-state index in [-0.39, 0.29) is 0 Å². The van der Waals surface area contributed by atoms with E-state index in [1.54, 1.807) is 0 Å². The van der Waals surface area contributed by atoms with Gasteiger partial charge in [0, 0.05) is 0 Å². The first-order valence-electron chi connectivity index (χ1n) is 4.56. The van der Waals surface area contributed by atoms with Crippen LogP contribution in [-0.4, -0.2) is 27.3 Å². The molecule has 0 radical (unpaired) electrons. The van der Waals surface area contributed by atoms with Crippen LogP contribution in [0.5, 0.6) is 0 Å². The van der Waals surface area contributed by atoms with Gasteiger partial charge in [-0.05, 0) is 12.1 Å². The van der Waals surface area contributed by atoms with Crippen molar-refractivity contribution in [1.82, 2.24) is 0 Å². The third kappa shape index (κ3) is 2.90. The summed E-state index contributed by atoms with van der Waals surface area (Å²) in [5.74, 6) is 0. The Kier molecular flexibility index (Phi) is 4.98. The number of hydrogen-bond donors (Lipinski definition) is 0. The van der Waals surface area contributed by atoms with E-state index in [1.165, 1.54) is 14.8 Å². The molecule has 0 bridgehead atoms. The van der Waals surface area contributed by atoms with Crippen LogP contribution >= 0.6 is 38.0 Å². The fourth-order valence-electron chi connectivity index (χ4n) is 1.17. The fraction of sp³-hybridized carbons (Fsp3) is 0.250. The Morgan fingerprint density at radius 3 is 1.62 bits per heavy atom. The highest BCUT2D eigenvalue weighted by molar-refractivity contribution is 9.47. The molecule has 13 heteroatoms. The lowest BCUT2D eigenvalue weighted by molar-refractivity contribution is -0.0949. The van der Waals surface area contributed by atoms with Gasteiger partial charge in [-0.15, -0.1) is 0 Å². The van der Waals surface area contributed by atoms with Crippen LogP contribution in [0.1, 0.15) is 0 Å². The molecule has 0 aliphatic carbocycles. The van der Waals surface area contributed by atoms with Crippen LogP contribution in [0.25, 0.3) is 0 Å². The molecule has 0 spiro atoms. The summed E-state index contributed by atoms with van der Waals surface area (Å²) in [6, 6.07) is 2.72. The largest absolute Gasteiger partial charge is 0.432 e. The van der Waals surface area contributed by atoms with Crippen molar-refractivity contribution in [2.45, 2.75) is 15.4 Å². The molecule has 0 atom stereocenters. The van der Waals surface area contributed by atoms with Gasteiger partial charge >= 0.3 is 10.5 Å². The molecule has 0 saturated heterocycles. The molecule has 0 aliphatic heterocycles. The van der Waals surface area contributed by atoms with Crippen LogP contribution in [0, 0.1) is 0 Å². The Bertz CT molecular complexity index is 759. The highest BCUT2D eigenvalue weighted by Gasteiger charge is 2.73. The van der Waals surface area contributed by atoms with Gasteiger partial charge in [-0.3, -0.25) is 0 Å². The molecule has 120 valence electrons. The Hall–Kier alpha value is -0.100. The topological polar surface area (TPSA) is 68.3 Å². The van der Waals surface area contributed by atoms with Gasteiger partial charge in [0.05, 0.1) is 24.9 Å². The summed E-state index contributed by atoms with van der Waals surface area (Å²) >= 11 is 12.1. The van der Waals surface area contributed by atoms with Crippen molar-refractivity contribution in [3.63, 3.8) is 0 Å². The minimum Gasteiger partial charge on any atom is -0.217 e. The fourth-order valence-corrected chi connectivity index (χ4v) is 5.26. The monoisotopic (exact) mass is 452 g/mol.